The highest BCUT2D eigenvalue weighted by Gasteiger charge is 2.28. The fraction of sp³-hybridized carbons (Fsp3) is 0.889. The first-order valence-corrected chi connectivity index (χ1v) is 6.89. The topological polar surface area (TPSA) is 84.9 Å². The Labute approximate surface area is 95.9 Å². The van der Waals surface area contributed by atoms with Gasteiger partial charge >= 0.3 is 7.60 Å². The van der Waals surface area contributed by atoms with Gasteiger partial charge in [0.25, 0.3) is 0 Å². The van der Waals surface area contributed by atoms with Crippen molar-refractivity contribution in [1.82, 2.24) is 5.32 Å². The van der Waals surface area contributed by atoms with E-state index in [1.54, 1.807) is 0 Å². The number of carbonyl (C=O) groups is 1. The first-order chi connectivity index (χ1) is 7.18. The van der Waals surface area contributed by atoms with Crippen LogP contribution < -0.4 is 5.32 Å². The minimum atomic E-state index is -3.50. The first kappa shape index (κ1) is 15.6. The Bertz CT molecular complexity index is 277. The molecule has 0 aromatic carbocycles. The van der Waals surface area contributed by atoms with Gasteiger partial charge in [-0.25, -0.2) is 0 Å². The third-order valence-electron chi connectivity index (χ3n) is 1.91. The smallest absolute Gasteiger partial charge is 0.325 e. The zero-order chi connectivity index (χ0) is 12.8. The molecule has 0 heterocycles. The highest BCUT2D eigenvalue weighted by atomic mass is 31.2. The predicted octanol–water partition coefficient (Wildman–Crippen LogP) is 0.607. The summed E-state index contributed by atoms with van der Waals surface area (Å²) < 4.78 is 20.9. The average Bonchev–Trinajstić information content (AvgIpc) is 2.12. The highest BCUT2D eigenvalue weighted by Crippen LogP contribution is 2.38. The molecule has 1 unspecified atom stereocenters. The second kappa shape index (κ2) is 6.35. The van der Waals surface area contributed by atoms with Crippen molar-refractivity contribution in [3.63, 3.8) is 0 Å². The summed E-state index contributed by atoms with van der Waals surface area (Å²) in [6, 6.07) is 0. The third kappa shape index (κ3) is 7.82. The van der Waals surface area contributed by atoms with E-state index >= 15 is 0 Å². The van der Waals surface area contributed by atoms with Gasteiger partial charge in [0.1, 0.15) is 0 Å². The average molecular weight is 253 g/mol. The fourth-order valence-corrected chi connectivity index (χ4v) is 1.66. The summed E-state index contributed by atoms with van der Waals surface area (Å²) in [7, 11) is -1.98. The Balaban J connectivity index is 4.32. The molecule has 7 heteroatoms. The van der Waals surface area contributed by atoms with E-state index < -0.39 is 13.0 Å². The molecule has 16 heavy (non-hydrogen) atoms. The lowest BCUT2D eigenvalue weighted by atomic mass is 9.93. The van der Waals surface area contributed by atoms with E-state index in [9.17, 15) is 9.36 Å². The lowest BCUT2D eigenvalue weighted by molar-refractivity contribution is -0.119. The minimum absolute atomic E-state index is 0.0470. The van der Waals surface area contributed by atoms with Crippen LogP contribution in [-0.4, -0.2) is 44.3 Å². The summed E-state index contributed by atoms with van der Waals surface area (Å²) in [4.78, 5) is 19.8. The molecule has 0 aromatic heterocycles. The van der Waals surface area contributed by atoms with Gasteiger partial charge in [0.15, 0.2) is 0 Å². The molecule has 0 rings (SSSR count). The fourth-order valence-electron chi connectivity index (χ4n) is 1.11. The van der Waals surface area contributed by atoms with Crippen molar-refractivity contribution in [2.45, 2.75) is 13.8 Å². The molecule has 0 radical (unpaired) electrons. The van der Waals surface area contributed by atoms with Crippen molar-refractivity contribution in [3.8, 4) is 0 Å². The molecule has 96 valence electrons. The van der Waals surface area contributed by atoms with Crippen LogP contribution >= 0.6 is 7.60 Å². The third-order valence-corrected chi connectivity index (χ3v) is 2.52. The molecule has 0 fully saturated rings. The van der Waals surface area contributed by atoms with Gasteiger partial charge < -0.3 is 19.5 Å². The van der Waals surface area contributed by atoms with Crippen LogP contribution in [0.15, 0.2) is 0 Å². The molecule has 2 atom stereocenters. The molecule has 2 N–H and O–H groups in total. The van der Waals surface area contributed by atoms with Crippen LogP contribution in [0, 0.1) is 5.41 Å². The number of hydrogen-bond acceptors (Lipinski definition) is 4. The molecule has 0 aliphatic carbocycles. The Morgan fingerprint density at radius 3 is 2.44 bits per heavy atom. The maximum absolute atomic E-state index is 11.0. The molecule has 0 aromatic rings. The molecule has 0 saturated heterocycles. The van der Waals surface area contributed by atoms with Gasteiger partial charge in [-0.1, -0.05) is 6.92 Å². The standard InChI is InChI=1S/C9H20NO5P/c1-8(11)10-5-9(2,6-14-3)7-15-16(4,12)13/h5-7H2,1-4H3,(H,10,11)(H,12,13)/t9-/m1/s1. The van der Waals surface area contributed by atoms with Crippen molar-refractivity contribution >= 4 is 13.5 Å². The summed E-state index contributed by atoms with van der Waals surface area (Å²) in [5.74, 6) is -0.161. The number of hydrogen-bond donors (Lipinski definition) is 2. The van der Waals surface area contributed by atoms with Gasteiger partial charge in [0.05, 0.1) is 13.2 Å². The molecule has 0 aliphatic rings. The second-order valence-electron chi connectivity index (χ2n) is 4.23. The number of ether oxygens (including phenoxy) is 1. The van der Waals surface area contributed by atoms with Gasteiger partial charge in [-0.05, 0) is 0 Å². The van der Waals surface area contributed by atoms with E-state index in [1.807, 2.05) is 6.92 Å². The summed E-state index contributed by atoms with van der Waals surface area (Å²) in [5.41, 5.74) is -0.519. The van der Waals surface area contributed by atoms with Crippen molar-refractivity contribution < 1.29 is 23.5 Å². The van der Waals surface area contributed by atoms with Gasteiger partial charge in [-0.2, -0.15) is 0 Å². The summed E-state index contributed by atoms with van der Waals surface area (Å²) in [6.07, 6.45) is 0. The van der Waals surface area contributed by atoms with Gasteiger partial charge in [-0.3, -0.25) is 9.36 Å². The van der Waals surface area contributed by atoms with E-state index in [-0.39, 0.29) is 12.5 Å². The summed E-state index contributed by atoms with van der Waals surface area (Å²) >= 11 is 0. The van der Waals surface area contributed by atoms with Crippen molar-refractivity contribution in [1.29, 1.82) is 0 Å². The molecular formula is C9H20NO5P. The second-order valence-corrected chi connectivity index (χ2v) is 6.09. The Kier molecular flexibility index (Phi) is 6.18. The molecule has 1 amide bonds. The largest absolute Gasteiger partial charge is 0.384 e. The van der Waals surface area contributed by atoms with Crippen LogP contribution in [0.3, 0.4) is 0 Å². The van der Waals surface area contributed by atoms with E-state index in [2.05, 4.69) is 5.32 Å². The van der Waals surface area contributed by atoms with Crippen molar-refractivity contribution in [3.05, 3.63) is 0 Å². The number of methoxy groups -OCH3 is 1. The lowest BCUT2D eigenvalue weighted by Gasteiger charge is -2.28. The minimum Gasteiger partial charge on any atom is -0.384 e. The van der Waals surface area contributed by atoms with E-state index in [0.717, 1.165) is 6.66 Å². The SMILES string of the molecule is COC[C@@](C)(CNC(C)=O)COP(C)(=O)O. The van der Waals surface area contributed by atoms with Gasteiger partial charge in [0, 0.05) is 32.7 Å². The molecule has 0 saturated carbocycles. The highest BCUT2D eigenvalue weighted by molar-refractivity contribution is 7.51. The van der Waals surface area contributed by atoms with Gasteiger partial charge in [0.2, 0.25) is 5.91 Å². The van der Waals surface area contributed by atoms with Crippen LogP contribution in [0.2, 0.25) is 0 Å². The first-order valence-electron chi connectivity index (χ1n) is 4.87. The van der Waals surface area contributed by atoms with Crippen LogP contribution in [0.5, 0.6) is 0 Å². The van der Waals surface area contributed by atoms with Crippen molar-refractivity contribution in [2.24, 2.45) is 5.41 Å². The Hall–Kier alpha value is -0.420. The van der Waals surface area contributed by atoms with Gasteiger partial charge in [-0.15, -0.1) is 0 Å². The lowest BCUT2D eigenvalue weighted by Crippen LogP contribution is -2.40. The number of nitrogens with one attached hydrogen (secondary N) is 1. The molecular weight excluding hydrogens is 233 g/mol. The van der Waals surface area contributed by atoms with Crippen LogP contribution in [0.4, 0.5) is 0 Å². The van der Waals surface area contributed by atoms with Crippen LogP contribution in [0.25, 0.3) is 0 Å². The Morgan fingerprint density at radius 2 is 2.06 bits per heavy atom. The number of rotatable bonds is 7. The quantitative estimate of drug-likeness (QED) is 0.649. The maximum atomic E-state index is 11.0. The predicted molar refractivity (Wildman–Crippen MR) is 60.4 cm³/mol. The zero-order valence-electron chi connectivity index (χ0n) is 10.1. The monoisotopic (exact) mass is 253 g/mol. The molecule has 0 bridgehead atoms. The summed E-state index contributed by atoms with van der Waals surface area (Å²) in [6.45, 7) is 5.04. The van der Waals surface area contributed by atoms with Crippen molar-refractivity contribution in [2.75, 3.05) is 33.5 Å². The number of amides is 1. The van der Waals surface area contributed by atoms with E-state index in [1.165, 1.54) is 14.0 Å². The van der Waals surface area contributed by atoms with Crippen LogP contribution in [-0.2, 0) is 18.6 Å². The maximum Gasteiger partial charge on any atom is 0.325 e. The van der Waals surface area contributed by atoms with E-state index in [0.29, 0.717) is 13.2 Å². The number of carbonyl (C=O) groups excluding carboxylic acids is 1. The Morgan fingerprint density at radius 1 is 1.50 bits per heavy atom. The normalized spacial score (nSPS) is 18.6. The molecule has 0 aliphatic heterocycles. The molecule has 6 nitrogen and oxygen atoms in total. The molecule has 0 spiro atoms. The summed E-state index contributed by atoms with van der Waals surface area (Å²) in [5, 5.41) is 2.64. The van der Waals surface area contributed by atoms with E-state index in [4.69, 9.17) is 14.2 Å². The van der Waals surface area contributed by atoms with Crippen LogP contribution in [0.1, 0.15) is 13.8 Å². The zero-order valence-corrected chi connectivity index (χ0v) is 11.0.